The topological polar surface area (TPSA) is 88.0 Å². The highest BCUT2D eigenvalue weighted by Crippen LogP contribution is 2.49. The highest BCUT2D eigenvalue weighted by atomic mass is 16.5. The van der Waals surface area contributed by atoms with Crippen LogP contribution in [-0.4, -0.2) is 37.5 Å². The maximum absolute atomic E-state index is 12.4. The lowest BCUT2D eigenvalue weighted by molar-refractivity contribution is 0.122. The molecule has 1 unspecified atom stereocenters. The fourth-order valence-corrected chi connectivity index (χ4v) is 4.77. The lowest BCUT2D eigenvalue weighted by Gasteiger charge is -2.44. The summed E-state index contributed by atoms with van der Waals surface area (Å²) in [6.07, 6.45) is -0.147. The Balaban J connectivity index is 0.00000272. The van der Waals surface area contributed by atoms with Gasteiger partial charge >= 0.3 is 6.09 Å². The number of anilines is 2. The van der Waals surface area contributed by atoms with Crippen LogP contribution in [-0.2, 0) is 10.2 Å². The second kappa shape index (κ2) is 8.89. The first kappa shape index (κ1) is 23.1. The van der Waals surface area contributed by atoms with Crippen molar-refractivity contribution in [1.29, 1.82) is 0 Å². The van der Waals surface area contributed by atoms with Crippen LogP contribution >= 0.6 is 0 Å². The van der Waals surface area contributed by atoms with E-state index in [9.17, 15) is 9.90 Å². The van der Waals surface area contributed by atoms with Crippen molar-refractivity contribution in [3.63, 3.8) is 0 Å². The van der Waals surface area contributed by atoms with Crippen molar-refractivity contribution >= 4 is 17.5 Å². The van der Waals surface area contributed by atoms with Gasteiger partial charge in [-0.2, -0.15) is 0 Å². The first-order chi connectivity index (χ1) is 14.3. The molecule has 0 aliphatic carbocycles. The molecule has 0 bridgehead atoms. The van der Waals surface area contributed by atoms with E-state index >= 15 is 0 Å². The zero-order chi connectivity index (χ0) is 21.5. The number of ether oxygens (including phenoxy) is 1. The fraction of sp³-hybridized carbons (Fsp3) is 0.480. The molecule has 1 saturated heterocycles. The molecule has 2 aliphatic rings. The normalized spacial score (nSPS) is 20.2. The second-order valence-electron chi connectivity index (χ2n) is 9.38. The molecular weight excluding hydrogens is 390 g/mol. The van der Waals surface area contributed by atoms with Gasteiger partial charge in [0.1, 0.15) is 0 Å². The molecule has 0 radical (unpaired) electrons. The average Bonchev–Trinajstić information content (AvgIpc) is 2.73. The molecule has 1 fully saturated rings. The summed E-state index contributed by atoms with van der Waals surface area (Å²) in [5.41, 5.74) is 5.25. The lowest BCUT2D eigenvalue weighted by Crippen LogP contribution is -2.43. The number of hydrogen-bond donors (Lipinski definition) is 2. The van der Waals surface area contributed by atoms with Gasteiger partial charge < -0.3 is 20.9 Å². The first-order valence-corrected chi connectivity index (χ1v) is 10.9. The molecular formula is C25H35N3O3. The molecule has 6 nitrogen and oxygen atoms in total. The molecule has 4 N–H and O–H groups in total. The molecule has 2 aromatic carbocycles. The third kappa shape index (κ3) is 4.41. The minimum absolute atomic E-state index is 0. The Morgan fingerprint density at radius 3 is 2.48 bits per heavy atom. The number of rotatable bonds is 3. The number of amides is 1. The molecule has 2 heterocycles. The van der Waals surface area contributed by atoms with Gasteiger partial charge in [0, 0.05) is 18.8 Å². The maximum atomic E-state index is 12.4. The number of nitrogens with zero attached hydrogens (tertiary/aromatic N) is 2. The number of morpholine rings is 1. The summed E-state index contributed by atoms with van der Waals surface area (Å²) in [6.45, 7) is 12.0. The van der Waals surface area contributed by atoms with Crippen molar-refractivity contribution in [3.8, 4) is 0 Å². The summed E-state index contributed by atoms with van der Waals surface area (Å²) in [5.74, 6) is 0.410. The maximum Gasteiger partial charge on any atom is 0.412 e. The van der Waals surface area contributed by atoms with Gasteiger partial charge in [0.2, 0.25) is 0 Å². The van der Waals surface area contributed by atoms with Crippen LogP contribution in [0.1, 0.15) is 62.8 Å². The molecule has 0 saturated carbocycles. The van der Waals surface area contributed by atoms with Gasteiger partial charge in [0.25, 0.3) is 0 Å². The van der Waals surface area contributed by atoms with Gasteiger partial charge in [-0.05, 0) is 52.6 Å². The van der Waals surface area contributed by atoms with Crippen molar-refractivity contribution in [2.75, 3.05) is 36.1 Å². The van der Waals surface area contributed by atoms with Gasteiger partial charge in [-0.25, -0.2) is 4.79 Å². The predicted molar refractivity (Wildman–Crippen MR) is 126 cm³/mol. The fourth-order valence-electron chi connectivity index (χ4n) is 4.77. The van der Waals surface area contributed by atoms with E-state index in [1.165, 1.54) is 5.56 Å². The van der Waals surface area contributed by atoms with E-state index in [1.807, 2.05) is 12.1 Å². The van der Waals surface area contributed by atoms with Crippen molar-refractivity contribution in [2.24, 2.45) is 0 Å². The molecule has 168 valence electrons. The smallest absolute Gasteiger partial charge is 0.412 e. The number of benzene rings is 2. The molecule has 2 aromatic rings. The van der Waals surface area contributed by atoms with Crippen molar-refractivity contribution in [3.05, 3.63) is 59.2 Å². The molecule has 2 aliphatic heterocycles. The Labute approximate surface area is 185 Å². The number of hydrogen-bond acceptors (Lipinski definition) is 4. The van der Waals surface area contributed by atoms with Crippen molar-refractivity contribution < 1.29 is 14.6 Å². The van der Waals surface area contributed by atoms with E-state index in [0.717, 1.165) is 55.2 Å². The van der Waals surface area contributed by atoms with Gasteiger partial charge in [0.05, 0.1) is 24.9 Å². The van der Waals surface area contributed by atoms with Crippen LogP contribution in [0, 0.1) is 0 Å². The minimum Gasteiger partial charge on any atom is -0.465 e. The predicted octanol–water partition coefficient (Wildman–Crippen LogP) is 5.72. The Kier molecular flexibility index (Phi) is 6.62. The molecule has 6 heteroatoms. The van der Waals surface area contributed by atoms with Crippen LogP contribution in [0.15, 0.2) is 42.5 Å². The quantitative estimate of drug-likeness (QED) is 0.657. The van der Waals surface area contributed by atoms with Gasteiger partial charge in [-0.1, -0.05) is 52.0 Å². The Bertz CT molecular complexity index is 935. The molecule has 1 amide bonds. The van der Waals surface area contributed by atoms with E-state index in [4.69, 9.17) is 4.74 Å². The summed E-state index contributed by atoms with van der Waals surface area (Å²) < 4.78 is 5.48. The van der Waals surface area contributed by atoms with E-state index in [-0.39, 0.29) is 17.6 Å². The highest BCUT2D eigenvalue weighted by Gasteiger charge is 2.41. The molecule has 0 aromatic heterocycles. The molecule has 31 heavy (non-hydrogen) atoms. The summed E-state index contributed by atoms with van der Waals surface area (Å²) in [4.78, 5) is 16.3. The average molecular weight is 426 g/mol. The zero-order valence-corrected chi connectivity index (χ0v) is 19.1. The third-order valence-electron chi connectivity index (χ3n) is 6.53. The Morgan fingerprint density at radius 1 is 1.13 bits per heavy atom. The SMILES string of the molecule is CC(C)c1ccc2c(c1)C(C)(C)CC(c1cccc(N3CCOCC3)c1)N2C(=O)O.N. The largest absolute Gasteiger partial charge is 0.465 e. The van der Waals surface area contributed by atoms with E-state index in [0.29, 0.717) is 5.92 Å². The number of carboxylic acid groups (broad SMARTS) is 1. The Morgan fingerprint density at radius 2 is 1.84 bits per heavy atom. The third-order valence-corrected chi connectivity index (χ3v) is 6.53. The molecule has 0 spiro atoms. The van der Waals surface area contributed by atoms with Gasteiger partial charge in [-0.3, -0.25) is 4.90 Å². The Hall–Kier alpha value is -2.57. The van der Waals surface area contributed by atoms with Gasteiger partial charge in [-0.15, -0.1) is 0 Å². The molecule has 4 rings (SSSR count). The summed E-state index contributed by atoms with van der Waals surface area (Å²) in [7, 11) is 0. The van der Waals surface area contributed by atoms with Crippen LogP contribution < -0.4 is 16.0 Å². The standard InChI is InChI=1S/C25H32N2O3.H3N/c1-17(2)18-8-9-22-21(15-18)25(3,4)16-23(27(22)24(28)29)19-6-5-7-20(14-19)26-10-12-30-13-11-26;/h5-9,14-15,17,23H,10-13,16H2,1-4H3,(H,28,29);1H3. The number of fused-ring (bicyclic) bond motifs is 1. The summed E-state index contributed by atoms with van der Waals surface area (Å²) >= 11 is 0. The van der Waals surface area contributed by atoms with E-state index in [2.05, 4.69) is 62.9 Å². The highest BCUT2D eigenvalue weighted by molar-refractivity contribution is 5.89. The zero-order valence-electron chi connectivity index (χ0n) is 19.1. The van der Waals surface area contributed by atoms with E-state index < -0.39 is 6.09 Å². The van der Waals surface area contributed by atoms with Crippen LogP contribution in [0.5, 0.6) is 0 Å². The lowest BCUT2D eigenvalue weighted by atomic mass is 9.72. The van der Waals surface area contributed by atoms with Crippen LogP contribution in [0.3, 0.4) is 0 Å². The van der Waals surface area contributed by atoms with Crippen LogP contribution in [0.4, 0.5) is 16.2 Å². The minimum atomic E-state index is -0.897. The monoisotopic (exact) mass is 425 g/mol. The van der Waals surface area contributed by atoms with Gasteiger partial charge in [0.15, 0.2) is 0 Å². The van der Waals surface area contributed by atoms with Crippen LogP contribution in [0.2, 0.25) is 0 Å². The number of carbonyl (C=O) groups is 1. The molecule has 1 atom stereocenters. The summed E-state index contributed by atoms with van der Waals surface area (Å²) in [6, 6.07) is 14.4. The summed E-state index contributed by atoms with van der Waals surface area (Å²) in [5, 5.41) is 10.2. The first-order valence-electron chi connectivity index (χ1n) is 10.9. The van der Waals surface area contributed by atoms with Crippen LogP contribution in [0.25, 0.3) is 0 Å². The van der Waals surface area contributed by atoms with E-state index in [1.54, 1.807) is 4.90 Å². The van der Waals surface area contributed by atoms with Crippen molar-refractivity contribution in [2.45, 2.75) is 51.5 Å². The van der Waals surface area contributed by atoms with Crippen molar-refractivity contribution in [1.82, 2.24) is 6.15 Å². The second-order valence-corrected chi connectivity index (χ2v) is 9.38.